The van der Waals surface area contributed by atoms with E-state index in [1.807, 2.05) is 0 Å². The van der Waals surface area contributed by atoms with Gasteiger partial charge in [0.25, 0.3) is 0 Å². The predicted octanol–water partition coefficient (Wildman–Crippen LogP) is 0.0577. The van der Waals surface area contributed by atoms with Crippen LogP contribution in [0.3, 0.4) is 0 Å². The van der Waals surface area contributed by atoms with E-state index in [1.54, 1.807) is 0 Å². The number of rotatable bonds is 2. The number of carbonyl (C=O) groups is 2. The fraction of sp³-hybridized carbons (Fsp3) is 0.800. The second-order valence-electron chi connectivity index (χ2n) is 4.23. The zero-order valence-electron chi connectivity index (χ0n) is 8.24. The highest BCUT2D eigenvalue weighted by Gasteiger charge is 2.38. The third-order valence-corrected chi connectivity index (χ3v) is 3.31. The van der Waals surface area contributed by atoms with E-state index in [9.17, 15) is 9.59 Å². The maximum absolute atomic E-state index is 11.3. The van der Waals surface area contributed by atoms with Gasteiger partial charge in [0.2, 0.25) is 5.91 Å². The lowest BCUT2D eigenvalue weighted by molar-refractivity contribution is -0.133. The van der Waals surface area contributed by atoms with Gasteiger partial charge in [-0.25, -0.2) is 0 Å². The lowest BCUT2D eigenvalue weighted by Crippen LogP contribution is -2.59. The van der Waals surface area contributed by atoms with Gasteiger partial charge in [0.1, 0.15) is 5.78 Å². The molecule has 2 unspecified atom stereocenters. The molecule has 1 saturated carbocycles. The van der Waals surface area contributed by atoms with Gasteiger partial charge in [-0.15, -0.1) is 0 Å². The van der Waals surface area contributed by atoms with Crippen LogP contribution in [0.5, 0.6) is 0 Å². The van der Waals surface area contributed by atoms with Crippen LogP contribution in [0.25, 0.3) is 0 Å². The molecule has 0 radical (unpaired) electrons. The third kappa shape index (κ3) is 1.66. The fourth-order valence-electron chi connectivity index (χ4n) is 2.43. The van der Waals surface area contributed by atoms with Crippen LogP contribution in [0.4, 0.5) is 0 Å². The minimum atomic E-state index is -0.241. The van der Waals surface area contributed by atoms with Gasteiger partial charge >= 0.3 is 0 Å². The van der Waals surface area contributed by atoms with Crippen LogP contribution in [0, 0.1) is 0 Å². The molecule has 1 aliphatic carbocycles. The van der Waals surface area contributed by atoms with Crippen molar-refractivity contribution in [1.82, 2.24) is 4.90 Å². The summed E-state index contributed by atoms with van der Waals surface area (Å²) in [4.78, 5) is 24.4. The van der Waals surface area contributed by atoms with Crippen molar-refractivity contribution < 1.29 is 9.59 Å². The lowest BCUT2D eigenvalue weighted by atomic mass is 9.88. The Kier molecular flexibility index (Phi) is 2.54. The Bertz CT molecular complexity index is 263. The number of ketones is 1. The topological polar surface area (TPSA) is 63.4 Å². The minimum Gasteiger partial charge on any atom is -0.368 e. The van der Waals surface area contributed by atoms with Gasteiger partial charge < -0.3 is 5.73 Å². The Balaban J connectivity index is 1.94. The molecule has 2 fully saturated rings. The third-order valence-electron chi connectivity index (χ3n) is 3.31. The van der Waals surface area contributed by atoms with Crippen molar-refractivity contribution in [2.75, 3.05) is 6.54 Å². The Hall–Kier alpha value is -0.900. The zero-order valence-corrected chi connectivity index (χ0v) is 8.24. The van der Waals surface area contributed by atoms with Gasteiger partial charge in [-0.2, -0.15) is 0 Å². The van der Waals surface area contributed by atoms with Crippen molar-refractivity contribution in [3.63, 3.8) is 0 Å². The number of hydrogen-bond donors (Lipinski definition) is 1. The first-order valence-electron chi connectivity index (χ1n) is 5.25. The molecule has 4 heteroatoms. The molecular weight excluding hydrogens is 180 g/mol. The molecule has 0 spiro atoms. The van der Waals surface area contributed by atoms with Crippen LogP contribution in [0.15, 0.2) is 0 Å². The first-order chi connectivity index (χ1) is 6.68. The normalized spacial score (nSPS) is 33.9. The highest BCUT2D eigenvalue weighted by atomic mass is 16.1. The van der Waals surface area contributed by atoms with E-state index in [0.29, 0.717) is 18.6 Å². The average molecular weight is 196 g/mol. The monoisotopic (exact) mass is 196 g/mol. The number of nitrogens with two attached hydrogens (primary N) is 1. The molecule has 4 nitrogen and oxygen atoms in total. The zero-order chi connectivity index (χ0) is 10.1. The summed E-state index contributed by atoms with van der Waals surface area (Å²) in [6, 6.07) is 0.174. The van der Waals surface area contributed by atoms with Crippen LogP contribution in [-0.4, -0.2) is 35.2 Å². The number of likely N-dealkylation sites (tertiary alicyclic amines) is 1. The van der Waals surface area contributed by atoms with E-state index < -0.39 is 0 Å². The minimum absolute atomic E-state index is 0.106. The van der Waals surface area contributed by atoms with Crippen LogP contribution in [0.2, 0.25) is 0 Å². The summed E-state index contributed by atoms with van der Waals surface area (Å²) < 4.78 is 0. The van der Waals surface area contributed by atoms with E-state index in [2.05, 4.69) is 4.90 Å². The second-order valence-corrected chi connectivity index (χ2v) is 4.23. The SMILES string of the molecule is NC(=O)C1CCN1C1CCCC(=O)C1. The van der Waals surface area contributed by atoms with E-state index in [1.165, 1.54) is 0 Å². The summed E-state index contributed by atoms with van der Waals surface area (Å²) in [7, 11) is 0. The smallest absolute Gasteiger partial charge is 0.234 e. The van der Waals surface area contributed by atoms with Crippen molar-refractivity contribution in [3.8, 4) is 0 Å². The molecule has 1 aliphatic heterocycles. The molecule has 2 aliphatic rings. The molecule has 0 aromatic carbocycles. The molecule has 0 bridgehead atoms. The first-order valence-corrected chi connectivity index (χ1v) is 5.25. The Morgan fingerprint density at radius 1 is 1.43 bits per heavy atom. The van der Waals surface area contributed by atoms with Crippen molar-refractivity contribution in [2.24, 2.45) is 5.73 Å². The number of nitrogens with zero attached hydrogens (tertiary/aromatic N) is 1. The Labute approximate surface area is 83.4 Å². The van der Waals surface area contributed by atoms with Gasteiger partial charge in [0.05, 0.1) is 6.04 Å². The number of amides is 1. The first kappa shape index (κ1) is 9.65. The Morgan fingerprint density at radius 2 is 2.21 bits per heavy atom. The molecule has 2 atom stereocenters. The van der Waals surface area contributed by atoms with Gasteiger partial charge in [0, 0.05) is 25.4 Å². The summed E-state index contributed by atoms with van der Waals surface area (Å²) in [5, 5.41) is 0. The summed E-state index contributed by atoms with van der Waals surface area (Å²) >= 11 is 0. The van der Waals surface area contributed by atoms with E-state index in [-0.39, 0.29) is 18.0 Å². The van der Waals surface area contributed by atoms with E-state index in [4.69, 9.17) is 5.73 Å². The Morgan fingerprint density at radius 3 is 2.71 bits per heavy atom. The lowest BCUT2D eigenvalue weighted by Gasteiger charge is -2.45. The maximum Gasteiger partial charge on any atom is 0.234 e. The molecule has 2 N–H and O–H groups in total. The van der Waals surface area contributed by atoms with Crippen molar-refractivity contribution in [1.29, 1.82) is 0 Å². The number of carbonyl (C=O) groups excluding carboxylic acids is 2. The maximum atomic E-state index is 11.3. The molecule has 2 rings (SSSR count). The van der Waals surface area contributed by atoms with Gasteiger partial charge in [-0.1, -0.05) is 0 Å². The standard InChI is InChI=1S/C10H16N2O2/c11-10(14)9-4-5-12(9)7-2-1-3-8(13)6-7/h7,9H,1-6H2,(H2,11,14). The van der Waals surface area contributed by atoms with Crippen LogP contribution in [-0.2, 0) is 9.59 Å². The summed E-state index contributed by atoms with van der Waals surface area (Å²) in [6.45, 7) is 0.922. The molecular formula is C10H16N2O2. The molecule has 0 aromatic heterocycles. The summed E-state index contributed by atoms with van der Waals surface area (Å²) in [6.07, 6.45) is 4.19. The van der Waals surface area contributed by atoms with Gasteiger partial charge in [-0.05, 0) is 19.3 Å². The van der Waals surface area contributed by atoms with Crippen molar-refractivity contribution in [2.45, 2.75) is 44.2 Å². The molecule has 1 amide bonds. The molecule has 78 valence electrons. The van der Waals surface area contributed by atoms with Crippen LogP contribution in [0.1, 0.15) is 32.1 Å². The summed E-state index contributed by atoms with van der Waals surface area (Å²) in [5.74, 6) is 0.0886. The molecule has 14 heavy (non-hydrogen) atoms. The average Bonchev–Trinajstić information content (AvgIpc) is 2.00. The van der Waals surface area contributed by atoms with E-state index in [0.717, 1.165) is 25.8 Å². The molecule has 1 saturated heterocycles. The van der Waals surface area contributed by atoms with Gasteiger partial charge in [-0.3, -0.25) is 14.5 Å². The quantitative estimate of drug-likeness (QED) is 0.679. The largest absolute Gasteiger partial charge is 0.368 e. The fourth-order valence-corrected chi connectivity index (χ4v) is 2.43. The molecule has 0 aromatic rings. The number of primary amides is 1. The number of hydrogen-bond acceptors (Lipinski definition) is 3. The highest BCUT2D eigenvalue weighted by Crippen LogP contribution is 2.28. The van der Waals surface area contributed by atoms with E-state index >= 15 is 0 Å². The van der Waals surface area contributed by atoms with Crippen LogP contribution >= 0.6 is 0 Å². The molecule has 1 heterocycles. The van der Waals surface area contributed by atoms with Crippen LogP contribution < -0.4 is 5.73 Å². The second kappa shape index (κ2) is 3.69. The summed E-state index contributed by atoms with van der Waals surface area (Å²) in [5.41, 5.74) is 5.26. The van der Waals surface area contributed by atoms with Crippen molar-refractivity contribution in [3.05, 3.63) is 0 Å². The predicted molar refractivity (Wildman–Crippen MR) is 51.6 cm³/mol. The van der Waals surface area contributed by atoms with Gasteiger partial charge in [0.15, 0.2) is 0 Å². The van der Waals surface area contributed by atoms with Crippen molar-refractivity contribution >= 4 is 11.7 Å². The highest BCUT2D eigenvalue weighted by molar-refractivity contribution is 5.82. The number of Topliss-reactive ketones (excluding diaryl/α,β-unsaturated/α-hetero) is 1.